The maximum absolute atomic E-state index is 12.4. The predicted molar refractivity (Wildman–Crippen MR) is 77.9 cm³/mol. The van der Waals surface area contributed by atoms with Crippen LogP contribution in [0, 0.1) is 17.2 Å². The molecule has 1 aliphatic heterocycles. The molecule has 4 rings (SSSR count). The Bertz CT molecular complexity index is 757. The van der Waals surface area contributed by atoms with Crippen LogP contribution in [-0.4, -0.2) is 28.9 Å². The summed E-state index contributed by atoms with van der Waals surface area (Å²) in [6, 6.07) is 8.41. The number of nitriles is 1. The standard InChI is InChI=1S/C16H16N4O/c17-7-10-3-14-5-11(1-2-20(14)9-10)16(21)19-15-6-13-4-12(15)8-18-13/h1-3,5,9,12-13,15,18H,4,6,8H2,(H,19,21). The van der Waals surface area contributed by atoms with Crippen LogP contribution in [0.3, 0.4) is 0 Å². The van der Waals surface area contributed by atoms with Gasteiger partial charge in [-0.15, -0.1) is 0 Å². The third-order valence-corrected chi connectivity index (χ3v) is 4.67. The number of amides is 1. The van der Waals surface area contributed by atoms with Gasteiger partial charge in [0.05, 0.1) is 5.56 Å². The molecule has 1 saturated heterocycles. The van der Waals surface area contributed by atoms with Gasteiger partial charge < -0.3 is 15.0 Å². The summed E-state index contributed by atoms with van der Waals surface area (Å²) >= 11 is 0. The van der Waals surface area contributed by atoms with E-state index >= 15 is 0 Å². The van der Waals surface area contributed by atoms with Crippen molar-refractivity contribution in [3.05, 3.63) is 41.7 Å². The summed E-state index contributed by atoms with van der Waals surface area (Å²) in [5.74, 6) is 0.552. The molecule has 0 spiro atoms. The van der Waals surface area contributed by atoms with Crippen molar-refractivity contribution in [3.8, 4) is 6.07 Å². The highest BCUT2D eigenvalue weighted by Crippen LogP contribution is 2.31. The van der Waals surface area contributed by atoms with Crippen molar-refractivity contribution in [2.45, 2.75) is 24.9 Å². The van der Waals surface area contributed by atoms with E-state index in [2.05, 4.69) is 16.7 Å². The average molecular weight is 280 g/mol. The van der Waals surface area contributed by atoms with Crippen LogP contribution in [0.5, 0.6) is 0 Å². The smallest absolute Gasteiger partial charge is 0.251 e. The van der Waals surface area contributed by atoms with E-state index in [1.807, 2.05) is 16.7 Å². The summed E-state index contributed by atoms with van der Waals surface area (Å²) in [6.07, 6.45) is 5.79. The fourth-order valence-corrected chi connectivity index (χ4v) is 3.57. The minimum Gasteiger partial charge on any atom is -0.349 e. The molecule has 2 aliphatic rings. The number of hydrogen-bond donors (Lipinski definition) is 2. The number of nitrogens with zero attached hydrogens (tertiary/aromatic N) is 2. The number of rotatable bonds is 2. The third-order valence-electron chi connectivity index (χ3n) is 4.67. The molecule has 2 aromatic heterocycles. The first-order valence-electron chi connectivity index (χ1n) is 7.29. The van der Waals surface area contributed by atoms with Gasteiger partial charge in [0.15, 0.2) is 0 Å². The number of carbonyl (C=O) groups is 1. The molecular formula is C16H16N4O. The van der Waals surface area contributed by atoms with Gasteiger partial charge >= 0.3 is 0 Å². The third kappa shape index (κ3) is 2.08. The SMILES string of the molecule is N#Cc1cc2cc(C(=O)NC3CC4CC3CN4)ccn2c1. The second-order valence-corrected chi connectivity index (χ2v) is 6.00. The second kappa shape index (κ2) is 4.61. The molecule has 106 valence electrons. The first kappa shape index (κ1) is 12.4. The number of carbonyl (C=O) groups excluding carboxylic acids is 1. The maximum Gasteiger partial charge on any atom is 0.251 e. The maximum atomic E-state index is 12.4. The van der Waals surface area contributed by atoms with Crippen LogP contribution < -0.4 is 10.6 Å². The zero-order valence-electron chi connectivity index (χ0n) is 11.5. The summed E-state index contributed by atoms with van der Waals surface area (Å²) in [5, 5.41) is 15.5. The molecule has 2 N–H and O–H groups in total. The number of aromatic nitrogens is 1. The lowest BCUT2D eigenvalue weighted by atomic mass is 10.0. The van der Waals surface area contributed by atoms with E-state index < -0.39 is 0 Å². The Kier molecular flexibility index (Phi) is 2.72. The molecule has 3 unspecified atom stereocenters. The Morgan fingerprint density at radius 1 is 1.43 bits per heavy atom. The normalized spacial score (nSPS) is 26.9. The Morgan fingerprint density at radius 2 is 2.33 bits per heavy atom. The topological polar surface area (TPSA) is 69.3 Å². The van der Waals surface area contributed by atoms with Crippen LogP contribution in [0.1, 0.15) is 28.8 Å². The lowest BCUT2D eigenvalue weighted by Gasteiger charge is -2.23. The van der Waals surface area contributed by atoms with Gasteiger partial charge in [0.2, 0.25) is 0 Å². The minimum atomic E-state index is -0.0187. The zero-order valence-corrected chi connectivity index (χ0v) is 11.5. The summed E-state index contributed by atoms with van der Waals surface area (Å²) in [6.45, 7) is 1.01. The molecule has 1 amide bonds. The van der Waals surface area contributed by atoms with Crippen LogP contribution >= 0.6 is 0 Å². The van der Waals surface area contributed by atoms with Crippen molar-refractivity contribution < 1.29 is 4.79 Å². The van der Waals surface area contributed by atoms with Crippen molar-refractivity contribution in [2.24, 2.45) is 5.92 Å². The van der Waals surface area contributed by atoms with Gasteiger partial charge in [-0.05, 0) is 37.0 Å². The number of pyridine rings is 1. The number of fused-ring (bicyclic) bond motifs is 3. The van der Waals surface area contributed by atoms with Crippen LogP contribution in [-0.2, 0) is 0 Å². The minimum absolute atomic E-state index is 0.0187. The first-order chi connectivity index (χ1) is 10.2. The Labute approximate surface area is 122 Å². The summed E-state index contributed by atoms with van der Waals surface area (Å²) in [4.78, 5) is 12.4. The van der Waals surface area contributed by atoms with Gasteiger partial charge in [-0.2, -0.15) is 5.26 Å². The van der Waals surface area contributed by atoms with Crippen molar-refractivity contribution >= 4 is 11.4 Å². The molecular weight excluding hydrogens is 264 g/mol. The summed E-state index contributed by atoms with van der Waals surface area (Å²) in [5.41, 5.74) is 2.13. The monoisotopic (exact) mass is 280 g/mol. The van der Waals surface area contributed by atoms with E-state index in [9.17, 15) is 4.79 Å². The Balaban J connectivity index is 1.55. The van der Waals surface area contributed by atoms with E-state index in [1.165, 1.54) is 6.42 Å². The van der Waals surface area contributed by atoms with E-state index in [0.29, 0.717) is 29.1 Å². The van der Waals surface area contributed by atoms with Crippen LogP contribution in [0.25, 0.3) is 5.52 Å². The number of nitrogens with one attached hydrogen (secondary N) is 2. The van der Waals surface area contributed by atoms with Gasteiger partial charge in [0, 0.05) is 42.1 Å². The van der Waals surface area contributed by atoms with E-state index in [4.69, 9.17) is 5.26 Å². The first-order valence-corrected chi connectivity index (χ1v) is 7.29. The molecule has 3 heterocycles. The van der Waals surface area contributed by atoms with Gasteiger partial charge in [-0.1, -0.05) is 0 Å². The molecule has 1 saturated carbocycles. The lowest BCUT2D eigenvalue weighted by Crippen LogP contribution is -2.44. The number of piperidine rings is 1. The highest BCUT2D eigenvalue weighted by Gasteiger charge is 2.40. The summed E-state index contributed by atoms with van der Waals surface area (Å²) < 4.78 is 1.86. The molecule has 21 heavy (non-hydrogen) atoms. The molecule has 2 bridgehead atoms. The molecule has 2 aromatic rings. The quantitative estimate of drug-likeness (QED) is 0.871. The summed E-state index contributed by atoms with van der Waals surface area (Å²) in [7, 11) is 0. The Morgan fingerprint density at radius 3 is 3.05 bits per heavy atom. The highest BCUT2D eigenvalue weighted by atomic mass is 16.1. The van der Waals surface area contributed by atoms with Crippen molar-refractivity contribution in [3.63, 3.8) is 0 Å². The molecule has 0 radical (unpaired) electrons. The predicted octanol–water partition coefficient (Wildman–Crippen LogP) is 1.29. The van der Waals surface area contributed by atoms with Gasteiger partial charge in [-0.25, -0.2) is 0 Å². The Hall–Kier alpha value is -2.32. The largest absolute Gasteiger partial charge is 0.349 e. The highest BCUT2D eigenvalue weighted by molar-refractivity contribution is 5.95. The van der Waals surface area contributed by atoms with Crippen LogP contribution in [0.15, 0.2) is 30.6 Å². The van der Waals surface area contributed by atoms with Crippen molar-refractivity contribution in [2.75, 3.05) is 6.54 Å². The molecule has 1 aliphatic carbocycles. The zero-order chi connectivity index (χ0) is 14.4. The number of hydrogen-bond acceptors (Lipinski definition) is 3. The fourth-order valence-electron chi connectivity index (χ4n) is 3.57. The van der Waals surface area contributed by atoms with Crippen molar-refractivity contribution in [1.29, 1.82) is 5.26 Å². The molecule has 0 aromatic carbocycles. The van der Waals surface area contributed by atoms with Crippen molar-refractivity contribution in [1.82, 2.24) is 15.0 Å². The van der Waals surface area contributed by atoms with E-state index in [0.717, 1.165) is 18.5 Å². The van der Waals surface area contributed by atoms with Gasteiger partial charge in [0.1, 0.15) is 6.07 Å². The molecule has 3 atom stereocenters. The second-order valence-electron chi connectivity index (χ2n) is 6.00. The van der Waals surface area contributed by atoms with Gasteiger partial charge in [-0.3, -0.25) is 4.79 Å². The van der Waals surface area contributed by atoms with E-state index in [-0.39, 0.29) is 5.91 Å². The van der Waals surface area contributed by atoms with Crippen LogP contribution in [0.2, 0.25) is 0 Å². The average Bonchev–Trinajstić information content (AvgIpc) is 3.20. The van der Waals surface area contributed by atoms with Crippen LogP contribution in [0.4, 0.5) is 0 Å². The van der Waals surface area contributed by atoms with Gasteiger partial charge in [0.25, 0.3) is 5.91 Å². The molecule has 5 nitrogen and oxygen atoms in total. The van der Waals surface area contributed by atoms with E-state index in [1.54, 1.807) is 18.3 Å². The lowest BCUT2D eigenvalue weighted by molar-refractivity contribution is 0.0925. The fraction of sp³-hybridized carbons (Fsp3) is 0.375. The molecule has 2 fully saturated rings. The molecule has 5 heteroatoms.